The molecule has 2 aromatic carbocycles. The fourth-order valence-electron chi connectivity index (χ4n) is 1.58. The molecule has 0 amide bonds. The van der Waals surface area contributed by atoms with Crippen LogP contribution >= 0.6 is 15.9 Å². The molecule has 6 heteroatoms. The molecule has 0 heterocycles. The van der Waals surface area contributed by atoms with Gasteiger partial charge < -0.3 is 0 Å². The molecule has 0 radical (unpaired) electrons. The number of carbonyl (C=O) groups excluding carboxylic acids is 1. The summed E-state index contributed by atoms with van der Waals surface area (Å²) in [7, 11) is -1.60. The monoisotopic (exact) mass is 358 g/mol. The number of hydrogen-bond donors (Lipinski definition) is 0. The van der Waals surface area contributed by atoms with E-state index in [0.717, 1.165) is 22.7 Å². The molecule has 1 unspecified atom stereocenters. The van der Waals surface area contributed by atoms with Crippen LogP contribution in [0.15, 0.2) is 51.8 Å². The third-order valence-corrected chi connectivity index (χ3v) is 4.42. The second-order valence-corrected chi connectivity index (χ2v) is 6.36. The highest BCUT2D eigenvalue weighted by atomic mass is 79.9. The van der Waals surface area contributed by atoms with Gasteiger partial charge in [0, 0.05) is 9.37 Å². The molecule has 0 saturated carbocycles. The molecule has 0 aliphatic carbocycles. The van der Waals surface area contributed by atoms with E-state index in [1.807, 2.05) is 0 Å². The fraction of sp³-hybridized carbons (Fsp3) is 0.0714. The van der Waals surface area contributed by atoms with E-state index in [1.165, 1.54) is 0 Å². The van der Waals surface area contributed by atoms with E-state index < -0.39 is 28.2 Å². The lowest BCUT2D eigenvalue weighted by molar-refractivity contribution is 0.101. The highest BCUT2D eigenvalue weighted by Crippen LogP contribution is 2.16. The summed E-state index contributed by atoms with van der Waals surface area (Å²) >= 11 is 3.24. The van der Waals surface area contributed by atoms with Crippen LogP contribution in [0.1, 0.15) is 10.4 Å². The van der Waals surface area contributed by atoms with E-state index in [1.54, 1.807) is 24.3 Å². The number of Topliss-reactive ketones (excluding diaryl/α,β-unsaturated/α-hetero) is 1. The SMILES string of the molecule is O=C(CS(=O)c1ccc(Br)cc1)c1cc(F)ccc1F. The van der Waals surface area contributed by atoms with Crippen LogP contribution in [0.5, 0.6) is 0 Å². The van der Waals surface area contributed by atoms with Crippen LogP contribution in [0.2, 0.25) is 0 Å². The zero-order valence-electron chi connectivity index (χ0n) is 10.1. The van der Waals surface area contributed by atoms with Crippen LogP contribution in [-0.4, -0.2) is 15.7 Å². The number of halogens is 3. The molecule has 0 fully saturated rings. The van der Waals surface area contributed by atoms with E-state index in [2.05, 4.69) is 15.9 Å². The van der Waals surface area contributed by atoms with Crippen molar-refractivity contribution in [1.29, 1.82) is 0 Å². The summed E-state index contributed by atoms with van der Waals surface area (Å²) in [5, 5.41) is 0. The van der Waals surface area contributed by atoms with Gasteiger partial charge in [-0.3, -0.25) is 9.00 Å². The summed E-state index contributed by atoms with van der Waals surface area (Å²) in [6.45, 7) is 0. The van der Waals surface area contributed by atoms with E-state index in [-0.39, 0.29) is 11.3 Å². The molecule has 104 valence electrons. The Morgan fingerprint density at radius 3 is 2.40 bits per heavy atom. The quantitative estimate of drug-likeness (QED) is 0.780. The minimum Gasteiger partial charge on any atom is -0.293 e. The van der Waals surface area contributed by atoms with Crippen molar-refractivity contribution in [3.05, 3.63) is 64.1 Å². The minimum atomic E-state index is -1.60. The maximum Gasteiger partial charge on any atom is 0.178 e. The second-order valence-electron chi connectivity index (χ2n) is 3.99. The average molecular weight is 359 g/mol. The molecular weight excluding hydrogens is 350 g/mol. The van der Waals surface area contributed by atoms with Crippen molar-refractivity contribution >= 4 is 32.5 Å². The molecule has 0 aromatic heterocycles. The number of hydrogen-bond acceptors (Lipinski definition) is 2. The second kappa shape index (κ2) is 6.37. The predicted octanol–water partition coefficient (Wildman–Crippen LogP) is 3.72. The summed E-state index contributed by atoms with van der Waals surface area (Å²) in [6, 6.07) is 9.23. The highest BCUT2D eigenvalue weighted by molar-refractivity contribution is 9.10. The molecule has 1 atom stereocenters. The summed E-state index contributed by atoms with van der Waals surface area (Å²) in [6.07, 6.45) is 0. The maximum absolute atomic E-state index is 13.4. The van der Waals surface area contributed by atoms with Gasteiger partial charge in [-0.25, -0.2) is 8.78 Å². The Hall–Kier alpha value is -1.40. The first-order chi connectivity index (χ1) is 9.47. The lowest BCUT2D eigenvalue weighted by Gasteiger charge is -2.04. The van der Waals surface area contributed by atoms with Gasteiger partial charge in [0.05, 0.1) is 22.1 Å². The van der Waals surface area contributed by atoms with Crippen LogP contribution < -0.4 is 0 Å². The van der Waals surface area contributed by atoms with Crippen molar-refractivity contribution < 1.29 is 17.8 Å². The number of carbonyl (C=O) groups is 1. The Kier molecular flexibility index (Phi) is 4.77. The zero-order valence-corrected chi connectivity index (χ0v) is 12.5. The Morgan fingerprint density at radius 2 is 1.75 bits per heavy atom. The van der Waals surface area contributed by atoms with Gasteiger partial charge in [0.25, 0.3) is 0 Å². The normalized spacial score (nSPS) is 12.2. The van der Waals surface area contributed by atoms with E-state index in [4.69, 9.17) is 0 Å². The Morgan fingerprint density at radius 1 is 1.10 bits per heavy atom. The molecule has 0 aliphatic rings. The predicted molar refractivity (Wildman–Crippen MR) is 76.1 cm³/mol. The van der Waals surface area contributed by atoms with Crippen LogP contribution in [-0.2, 0) is 10.8 Å². The molecule has 2 rings (SSSR count). The van der Waals surface area contributed by atoms with Gasteiger partial charge in [0.2, 0.25) is 0 Å². The highest BCUT2D eigenvalue weighted by Gasteiger charge is 2.16. The summed E-state index contributed by atoms with van der Waals surface area (Å²) in [4.78, 5) is 12.3. The van der Waals surface area contributed by atoms with Gasteiger partial charge in [0.1, 0.15) is 11.6 Å². The van der Waals surface area contributed by atoms with Crippen LogP contribution in [0, 0.1) is 11.6 Å². The minimum absolute atomic E-state index is 0.379. The van der Waals surface area contributed by atoms with Crippen molar-refractivity contribution in [2.24, 2.45) is 0 Å². The lowest BCUT2D eigenvalue weighted by Crippen LogP contribution is -2.13. The molecule has 2 nitrogen and oxygen atoms in total. The average Bonchev–Trinajstić information content (AvgIpc) is 2.42. The Bertz CT molecular complexity index is 671. The molecule has 2 aromatic rings. The third kappa shape index (κ3) is 3.58. The van der Waals surface area contributed by atoms with Crippen LogP contribution in [0.25, 0.3) is 0 Å². The van der Waals surface area contributed by atoms with E-state index in [9.17, 15) is 17.8 Å². The number of ketones is 1. The number of rotatable bonds is 4. The molecule has 0 saturated heterocycles. The molecule has 0 spiro atoms. The first-order valence-corrected chi connectivity index (χ1v) is 7.71. The summed E-state index contributed by atoms with van der Waals surface area (Å²) in [5.41, 5.74) is -0.379. The van der Waals surface area contributed by atoms with Gasteiger partial charge in [-0.05, 0) is 42.5 Å². The van der Waals surface area contributed by atoms with Crippen molar-refractivity contribution in [2.45, 2.75) is 4.90 Å². The smallest absolute Gasteiger partial charge is 0.178 e. The zero-order chi connectivity index (χ0) is 14.7. The van der Waals surface area contributed by atoms with Gasteiger partial charge in [-0.2, -0.15) is 0 Å². The number of benzene rings is 2. The Labute approximate surface area is 125 Å². The molecular formula is C14H9BrF2O2S. The summed E-state index contributed by atoms with van der Waals surface area (Å²) < 4.78 is 39.3. The first kappa shape index (κ1) is 15.0. The van der Waals surface area contributed by atoms with E-state index >= 15 is 0 Å². The van der Waals surface area contributed by atoms with Crippen molar-refractivity contribution in [2.75, 3.05) is 5.75 Å². The molecule has 0 aliphatic heterocycles. The van der Waals surface area contributed by atoms with E-state index in [0.29, 0.717) is 4.90 Å². The van der Waals surface area contributed by atoms with Crippen LogP contribution in [0.3, 0.4) is 0 Å². The van der Waals surface area contributed by atoms with Crippen LogP contribution in [0.4, 0.5) is 8.78 Å². The largest absolute Gasteiger partial charge is 0.293 e. The van der Waals surface area contributed by atoms with Gasteiger partial charge in [-0.1, -0.05) is 15.9 Å². The molecule has 0 N–H and O–H groups in total. The topological polar surface area (TPSA) is 34.1 Å². The van der Waals surface area contributed by atoms with Gasteiger partial charge in [-0.15, -0.1) is 0 Å². The Balaban J connectivity index is 2.17. The van der Waals surface area contributed by atoms with Gasteiger partial charge >= 0.3 is 0 Å². The van der Waals surface area contributed by atoms with Crippen molar-refractivity contribution in [1.82, 2.24) is 0 Å². The molecule has 0 bridgehead atoms. The van der Waals surface area contributed by atoms with Crippen molar-refractivity contribution in [3.8, 4) is 0 Å². The third-order valence-electron chi connectivity index (χ3n) is 2.57. The summed E-state index contributed by atoms with van der Waals surface area (Å²) in [5.74, 6) is -2.60. The standard InChI is InChI=1S/C14H9BrF2O2S/c15-9-1-4-11(5-2-9)20(19)8-14(18)12-7-10(16)3-6-13(12)17/h1-7H,8H2. The maximum atomic E-state index is 13.4. The first-order valence-electron chi connectivity index (χ1n) is 5.59. The molecule has 20 heavy (non-hydrogen) atoms. The van der Waals surface area contributed by atoms with Gasteiger partial charge in [0.15, 0.2) is 5.78 Å². The lowest BCUT2D eigenvalue weighted by atomic mass is 10.1. The fourth-order valence-corrected chi connectivity index (χ4v) is 2.84. The van der Waals surface area contributed by atoms with Crippen molar-refractivity contribution in [3.63, 3.8) is 0 Å².